The van der Waals surface area contributed by atoms with Crippen LogP contribution in [0.25, 0.3) is 0 Å². The highest BCUT2D eigenvalue weighted by Gasteiger charge is 2.62. The lowest BCUT2D eigenvalue weighted by Crippen LogP contribution is -2.45. The number of benzene rings is 2. The van der Waals surface area contributed by atoms with Gasteiger partial charge in [0.1, 0.15) is 18.4 Å². The number of hydrogen-bond donors (Lipinski definition) is 1. The molecule has 0 saturated carbocycles. The summed E-state index contributed by atoms with van der Waals surface area (Å²) in [7, 11) is 0. The maximum Gasteiger partial charge on any atom is 0.455 e. The SMILES string of the molecule is N[C@H](c1ccccc1OCc1ccccc1)C(F)(F)C(F)(F)F. The summed E-state index contributed by atoms with van der Waals surface area (Å²) >= 11 is 0. The largest absolute Gasteiger partial charge is 0.489 e. The van der Waals surface area contributed by atoms with E-state index < -0.39 is 23.7 Å². The van der Waals surface area contributed by atoms with Crippen molar-refractivity contribution in [2.24, 2.45) is 5.73 Å². The zero-order valence-corrected chi connectivity index (χ0v) is 11.9. The highest BCUT2D eigenvalue weighted by Crippen LogP contribution is 2.45. The Bertz CT molecular complexity index is 642. The fourth-order valence-electron chi connectivity index (χ4n) is 1.98. The highest BCUT2D eigenvalue weighted by molar-refractivity contribution is 5.37. The molecule has 2 N–H and O–H groups in total. The molecule has 0 heterocycles. The Morgan fingerprint density at radius 1 is 0.870 bits per heavy atom. The molecular weight excluding hydrogens is 317 g/mol. The van der Waals surface area contributed by atoms with Gasteiger partial charge in [0.2, 0.25) is 0 Å². The van der Waals surface area contributed by atoms with Crippen molar-refractivity contribution in [3.05, 3.63) is 65.7 Å². The first kappa shape index (κ1) is 17.2. The average Bonchev–Trinajstić information content (AvgIpc) is 2.52. The monoisotopic (exact) mass is 331 g/mol. The second-order valence-corrected chi connectivity index (χ2v) is 4.91. The molecule has 0 amide bonds. The molecule has 0 fully saturated rings. The molecule has 0 unspecified atom stereocenters. The van der Waals surface area contributed by atoms with Gasteiger partial charge in [0.15, 0.2) is 0 Å². The molecule has 2 nitrogen and oxygen atoms in total. The van der Waals surface area contributed by atoms with Gasteiger partial charge < -0.3 is 10.5 Å². The number of nitrogens with two attached hydrogens (primary N) is 1. The van der Waals surface area contributed by atoms with E-state index >= 15 is 0 Å². The van der Waals surface area contributed by atoms with Crippen LogP contribution in [0.5, 0.6) is 5.75 Å². The molecular formula is C16H14F5NO. The van der Waals surface area contributed by atoms with Crippen LogP contribution in [-0.4, -0.2) is 12.1 Å². The van der Waals surface area contributed by atoms with E-state index in [9.17, 15) is 22.0 Å². The van der Waals surface area contributed by atoms with E-state index in [1.54, 1.807) is 30.3 Å². The number of para-hydroxylation sites is 1. The van der Waals surface area contributed by atoms with Crippen molar-refractivity contribution in [1.29, 1.82) is 0 Å². The van der Waals surface area contributed by atoms with E-state index in [-0.39, 0.29) is 12.4 Å². The molecule has 2 aromatic rings. The maximum absolute atomic E-state index is 13.4. The van der Waals surface area contributed by atoms with Gasteiger partial charge in [-0.2, -0.15) is 22.0 Å². The molecule has 0 saturated heterocycles. The third kappa shape index (κ3) is 3.79. The van der Waals surface area contributed by atoms with Crippen LogP contribution in [0.3, 0.4) is 0 Å². The van der Waals surface area contributed by atoms with Gasteiger partial charge in [-0.3, -0.25) is 0 Å². The number of rotatable bonds is 5. The van der Waals surface area contributed by atoms with Crippen LogP contribution in [0.2, 0.25) is 0 Å². The van der Waals surface area contributed by atoms with Crippen molar-refractivity contribution in [1.82, 2.24) is 0 Å². The van der Waals surface area contributed by atoms with Crippen LogP contribution >= 0.6 is 0 Å². The summed E-state index contributed by atoms with van der Waals surface area (Å²) in [5, 5.41) is 0. The Morgan fingerprint density at radius 3 is 2.04 bits per heavy atom. The van der Waals surface area contributed by atoms with Crippen molar-refractivity contribution in [2.75, 3.05) is 0 Å². The highest BCUT2D eigenvalue weighted by atomic mass is 19.4. The first-order chi connectivity index (χ1) is 10.7. The Balaban J connectivity index is 2.24. The molecule has 0 spiro atoms. The molecule has 124 valence electrons. The van der Waals surface area contributed by atoms with E-state index in [1.807, 2.05) is 0 Å². The van der Waals surface area contributed by atoms with Gasteiger partial charge in [0.05, 0.1) is 0 Å². The molecule has 0 aliphatic heterocycles. The summed E-state index contributed by atoms with van der Waals surface area (Å²) in [6.07, 6.45) is -5.74. The van der Waals surface area contributed by atoms with E-state index in [0.717, 1.165) is 11.6 Å². The van der Waals surface area contributed by atoms with E-state index in [4.69, 9.17) is 10.5 Å². The van der Waals surface area contributed by atoms with E-state index in [1.165, 1.54) is 18.2 Å². The molecule has 2 rings (SSSR count). The van der Waals surface area contributed by atoms with E-state index in [0.29, 0.717) is 0 Å². The zero-order chi connectivity index (χ0) is 17.1. The minimum Gasteiger partial charge on any atom is -0.489 e. The quantitative estimate of drug-likeness (QED) is 0.821. The van der Waals surface area contributed by atoms with Crippen molar-refractivity contribution in [3.63, 3.8) is 0 Å². The predicted octanol–water partition coefficient (Wildman–Crippen LogP) is 4.46. The summed E-state index contributed by atoms with van der Waals surface area (Å²) in [5.74, 6) is -5.16. The summed E-state index contributed by atoms with van der Waals surface area (Å²) in [6.45, 7) is 0.0299. The third-order valence-corrected chi connectivity index (χ3v) is 3.26. The fraction of sp³-hybridized carbons (Fsp3) is 0.250. The third-order valence-electron chi connectivity index (χ3n) is 3.26. The Labute approximate surface area is 129 Å². The van der Waals surface area contributed by atoms with Crippen LogP contribution in [0.1, 0.15) is 17.2 Å². The van der Waals surface area contributed by atoms with Crippen LogP contribution in [0.4, 0.5) is 22.0 Å². The van der Waals surface area contributed by atoms with Gasteiger partial charge in [0.25, 0.3) is 0 Å². The van der Waals surface area contributed by atoms with Gasteiger partial charge in [-0.25, -0.2) is 0 Å². The lowest BCUT2D eigenvalue weighted by Gasteiger charge is -2.27. The Kier molecular flexibility index (Phi) is 4.89. The van der Waals surface area contributed by atoms with Crippen LogP contribution in [0.15, 0.2) is 54.6 Å². The van der Waals surface area contributed by atoms with Crippen molar-refractivity contribution >= 4 is 0 Å². The Morgan fingerprint density at radius 2 is 1.43 bits per heavy atom. The van der Waals surface area contributed by atoms with Gasteiger partial charge in [0, 0.05) is 5.56 Å². The van der Waals surface area contributed by atoms with Gasteiger partial charge in [-0.15, -0.1) is 0 Å². The molecule has 0 bridgehead atoms. The molecule has 2 aromatic carbocycles. The van der Waals surface area contributed by atoms with Crippen LogP contribution in [0, 0.1) is 0 Å². The number of ether oxygens (including phenoxy) is 1. The first-order valence-electron chi connectivity index (χ1n) is 6.69. The number of hydrogen-bond acceptors (Lipinski definition) is 2. The van der Waals surface area contributed by atoms with Gasteiger partial charge in [-0.1, -0.05) is 48.5 Å². The summed E-state index contributed by atoms with van der Waals surface area (Å²) in [4.78, 5) is 0. The number of halogens is 5. The van der Waals surface area contributed by atoms with E-state index in [2.05, 4.69) is 0 Å². The summed E-state index contributed by atoms with van der Waals surface area (Å²) in [6, 6.07) is 11.5. The average molecular weight is 331 g/mol. The van der Waals surface area contributed by atoms with Gasteiger partial charge in [-0.05, 0) is 11.6 Å². The van der Waals surface area contributed by atoms with Crippen molar-refractivity contribution < 1.29 is 26.7 Å². The molecule has 0 aliphatic carbocycles. The van der Waals surface area contributed by atoms with Crippen LogP contribution < -0.4 is 10.5 Å². The second-order valence-electron chi connectivity index (χ2n) is 4.91. The molecule has 0 radical (unpaired) electrons. The van der Waals surface area contributed by atoms with Crippen LogP contribution in [-0.2, 0) is 6.61 Å². The first-order valence-corrected chi connectivity index (χ1v) is 6.69. The lowest BCUT2D eigenvalue weighted by atomic mass is 10.00. The molecule has 0 aromatic heterocycles. The van der Waals surface area contributed by atoms with Crippen molar-refractivity contribution in [2.45, 2.75) is 24.7 Å². The maximum atomic E-state index is 13.4. The minimum absolute atomic E-state index is 0.0299. The molecule has 7 heteroatoms. The van der Waals surface area contributed by atoms with Crippen molar-refractivity contribution in [3.8, 4) is 5.75 Å². The summed E-state index contributed by atoms with van der Waals surface area (Å²) < 4.78 is 69.7. The summed E-state index contributed by atoms with van der Waals surface area (Å²) in [5.41, 5.74) is 5.53. The number of alkyl halides is 5. The normalized spacial score (nSPS) is 13.7. The van der Waals surface area contributed by atoms with Gasteiger partial charge >= 0.3 is 12.1 Å². The molecule has 23 heavy (non-hydrogen) atoms. The topological polar surface area (TPSA) is 35.2 Å². The zero-order valence-electron chi connectivity index (χ0n) is 11.9. The Hall–Kier alpha value is -2.15. The molecule has 1 atom stereocenters. The minimum atomic E-state index is -5.74. The predicted molar refractivity (Wildman–Crippen MR) is 75.1 cm³/mol. The second kappa shape index (κ2) is 6.54. The lowest BCUT2D eigenvalue weighted by molar-refractivity contribution is -0.291. The fourth-order valence-corrected chi connectivity index (χ4v) is 1.98. The molecule has 0 aliphatic rings. The standard InChI is InChI=1S/C16H14F5NO/c17-15(18,16(19,20)21)14(22)12-8-4-5-9-13(12)23-10-11-6-2-1-3-7-11/h1-9,14H,10,22H2/t14-/m1/s1. The smallest absolute Gasteiger partial charge is 0.455 e.